The van der Waals surface area contributed by atoms with Crippen LogP contribution in [0.4, 0.5) is 0 Å². The van der Waals surface area contributed by atoms with Crippen molar-refractivity contribution < 1.29 is 9.90 Å². The minimum Gasteiger partial charge on any atom is -0.388 e. The molecule has 16 heavy (non-hydrogen) atoms. The summed E-state index contributed by atoms with van der Waals surface area (Å²) in [5.74, 6) is 0.415. The highest BCUT2D eigenvalue weighted by atomic mass is 16.3. The molecule has 4 heteroatoms. The summed E-state index contributed by atoms with van der Waals surface area (Å²) in [7, 11) is 0. The summed E-state index contributed by atoms with van der Waals surface area (Å²) in [6.07, 6.45) is 1.16. The number of hydrogen-bond donors (Lipinski definition) is 3. The van der Waals surface area contributed by atoms with Crippen LogP contribution in [-0.4, -0.2) is 36.2 Å². The largest absolute Gasteiger partial charge is 0.388 e. The number of amides is 1. The Morgan fingerprint density at radius 3 is 2.56 bits per heavy atom. The van der Waals surface area contributed by atoms with E-state index in [0.717, 1.165) is 6.54 Å². The summed E-state index contributed by atoms with van der Waals surface area (Å²) in [5, 5.41) is 15.8. The summed E-state index contributed by atoms with van der Waals surface area (Å²) in [5.41, 5.74) is -0.804. The third-order valence-electron chi connectivity index (χ3n) is 2.29. The Kier molecular flexibility index (Phi) is 7.34. The molecule has 0 aromatic carbocycles. The van der Waals surface area contributed by atoms with Crippen molar-refractivity contribution in [2.45, 2.75) is 46.1 Å². The molecule has 0 aliphatic rings. The van der Waals surface area contributed by atoms with Crippen molar-refractivity contribution in [1.29, 1.82) is 0 Å². The van der Waals surface area contributed by atoms with Crippen LogP contribution < -0.4 is 10.6 Å². The zero-order chi connectivity index (χ0) is 12.6. The van der Waals surface area contributed by atoms with Crippen molar-refractivity contribution >= 4 is 5.91 Å². The van der Waals surface area contributed by atoms with Gasteiger partial charge in [-0.15, -0.1) is 0 Å². The van der Waals surface area contributed by atoms with Gasteiger partial charge in [0.1, 0.15) is 0 Å². The third kappa shape index (κ3) is 8.68. The lowest BCUT2D eigenvalue weighted by molar-refractivity contribution is -0.122. The fourth-order valence-corrected chi connectivity index (χ4v) is 1.71. The molecule has 0 aliphatic heterocycles. The van der Waals surface area contributed by atoms with Gasteiger partial charge in [-0.05, 0) is 25.8 Å². The topological polar surface area (TPSA) is 61.4 Å². The molecule has 0 fully saturated rings. The quantitative estimate of drug-likeness (QED) is 0.543. The van der Waals surface area contributed by atoms with Crippen LogP contribution in [0, 0.1) is 5.92 Å². The van der Waals surface area contributed by atoms with Gasteiger partial charge in [0.05, 0.1) is 5.60 Å². The van der Waals surface area contributed by atoms with E-state index in [9.17, 15) is 9.90 Å². The smallest absolute Gasteiger partial charge is 0.221 e. The molecule has 96 valence electrons. The average Bonchev–Trinajstić information content (AvgIpc) is 2.13. The van der Waals surface area contributed by atoms with Gasteiger partial charge in [0, 0.05) is 19.5 Å². The molecular weight excluding hydrogens is 204 g/mol. The van der Waals surface area contributed by atoms with Crippen LogP contribution in [0.1, 0.15) is 40.5 Å². The minimum absolute atomic E-state index is 0.00928. The van der Waals surface area contributed by atoms with E-state index in [2.05, 4.69) is 24.5 Å². The minimum atomic E-state index is -0.804. The first kappa shape index (κ1) is 15.4. The molecule has 1 atom stereocenters. The summed E-state index contributed by atoms with van der Waals surface area (Å²) in [6, 6.07) is 0. The normalized spacial score (nSPS) is 14.9. The fourth-order valence-electron chi connectivity index (χ4n) is 1.71. The van der Waals surface area contributed by atoms with E-state index in [1.54, 1.807) is 6.92 Å². The van der Waals surface area contributed by atoms with Gasteiger partial charge in [0.15, 0.2) is 0 Å². The maximum atomic E-state index is 11.4. The number of carbonyl (C=O) groups excluding carboxylic acids is 1. The van der Waals surface area contributed by atoms with Crippen LogP contribution in [0.15, 0.2) is 0 Å². The number of hydrogen-bond acceptors (Lipinski definition) is 3. The Balaban J connectivity index is 3.72. The van der Waals surface area contributed by atoms with Crippen molar-refractivity contribution in [2.75, 3.05) is 19.6 Å². The van der Waals surface area contributed by atoms with Gasteiger partial charge in [-0.25, -0.2) is 0 Å². The number of carbonyl (C=O) groups is 1. The lowest BCUT2D eigenvalue weighted by Crippen LogP contribution is -2.42. The predicted octanol–water partition coefficient (Wildman–Crippen LogP) is 0.899. The summed E-state index contributed by atoms with van der Waals surface area (Å²) < 4.78 is 0. The Morgan fingerprint density at radius 2 is 2.06 bits per heavy atom. The first-order chi connectivity index (χ1) is 7.37. The second-order valence-electron chi connectivity index (χ2n) is 4.98. The van der Waals surface area contributed by atoms with Gasteiger partial charge in [0.25, 0.3) is 0 Å². The van der Waals surface area contributed by atoms with Crippen molar-refractivity contribution in [1.82, 2.24) is 10.6 Å². The van der Waals surface area contributed by atoms with E-state index in [0.29, 0.717) is 31.8 Å². The van der Waals surface area contributed by atoms with Gasteiger partial charge < -0.3 is 15.7 Å². The van der Waals surface area contributed by atoms with Crippen LogP contribution in [0.5, 0.6) is 0 Å². The predicted molar refractivity (Wildman–Crippen MR) is 66.2 cm³/mol. The monoisotopic (exact) mass is 230 g/mol. The van der Waals surface area contributed by atoms with Crippen molar-refractivity contribution in [3.8, 4) is 0 Å². The molecule has 0 rings (SSSR count). The van der Waals surface area contributed by atoms with Crippen LogP contribution in [0.2, 0.25) is 0 Å². The highest BCUT2D eigenvalue weighted by Crippen LogP contribution is 2.14. The van der Waals surface area contributed by atoms with Gasteiger partial charge in [0.2, 0.25) is 5.91 Å². The molecule has 3 N–H and O–H groups in total. The molecule has 1 unspecified atom stereocenters. The van der Waals surface area contributed by atoms with Crippen LogP contribution in [-0.2, 0) is 4.79 Å². The standard InChI is InChI=1S/C12H26N2O2/c1-5-13-7-6-11(15)14-9-12(4,16)8-10(2)3/h10,13,16H,5-9H2,1-4H3,(H,14,15). The van der Waals surface area contributed by atoms with Crippen molar-refractivity contribution in [3.05, 3.63) is 0 Å². The average molecular weight is 230 g/mol. The SMILES string of the molecule is CCNCCC(=O)NCC(C)(O)CC(C)C. The molecule has 0 saturated heterocycles. The van der Waals surface area contributed by atoms with Crippen LogP contribution >= 0.6 is 0 Å². The first-order valence-corrected chi connectivity index (χ1v) is 6.07. The van der Waals surface area contributed by atoms with Crippen molar-refractivity contribution in [3.63, 3.8) is 0 Å². The third-order valence-corrected chi connectivity index (χ3v) is 2.29. The van der Waals surface area contributed by atoms with E-state index >= 15 is 0 Å². The van der Waals surface area contributed by atoms with E-state index in [-0.39, 0.29) is 5.91 Å². The van der Waals surface area contributed by atoms with Crippen LogP contribution in [0.3, 0.4) is 0 Å². The van der Waals surface area contributed by atoms with Gasteiger partial charge in [-0.2, -0.15) is 0 Å². The highest BCUT2D eigenvalue weighted by Gasteiger charge is 2.22. The van der Waals surface area contributed by atoms with E-state index in [1.807, 2.05) is 6.92 Å². The molecular formula is C12H26N2O2. The Bertz CT molecular complexity index is 203. The maximum Gasteiger partial charge on any atom is 0.221 e. The van der Waals surface area contributed by atoms with Crippen LogP contribution in [0.25, 0.3) is 0 Å². The molecule has 0 aromatic rings. The fraction of sp³-hybridized carbons (Fsp3) is 0.917. The molecule has 4 nitrogen and oxygen atoms in total. The number of aliphatic hydroxyl groups is 1. The lowest BCUT2D eigenvalue weighted by Gasteiger charge is -2.25. The van der Waals surface area contributed by atoms with E-state index < -0.39 is 5.60 Å². The molecule has 0 saturated carbocycles. The molecule has 0 aromatic heterocycles. The number of rotatable bonds is 8. The van der Waals surface area contributed by atoms with E-state index in [1.165, 1.54) is 0 Å². The zero-order valence-corrected chi connectivity index (χ0v) is 11.0. The second-order valence-corrected chi connectivity index (χ2v) is 4.98. The molecule has 0 radical (unpaired) electrons. The molecule has 0 bridgehead atoms. The Morgan fingerprint density at radius 1 is 1.44 bits per heavy atom. The molecule has 1 amide bonds. The lowest BCUT2D eigenvalue weighted by atomic mass is 9.94. The number of nitrogens with one attached hydrogen (secondary N) is 2. The molecule has 0 aliphatic carbocycles. The Hall–Kier alpha value is -0.610. The second kappa shape index (κ2) is 7.63. The molecule has 0 heterocycles. The molecule has 0 spiro atoms. The van der Waals surface area contributed by atoms with E-state index in [4.69, 9.17) is 0 Å². The van der Waals surface area contributed by atoms with Gasteiger partial charge >= 0.3 is 0 Å². The first-order valence-electron chi connectivity index (χ1n) is 6.07. The Labute approximate surface area is 98.8 Å². The summed E-state index contributed by atoms with van der Waals surface area (Å²) >= 11 is 0. The van der Waals surface area contributed by atoms with Gasteiger partial charge in [-0.3, -0.25) is 4.79 Å². The summed E-state index contributed by atoms with van der Waals surface area (Å²) in [6.45, 7) is 9.77. The highest BCUT2D eigenvalue weighted by molar-refractivity contribution is 5.76. The zero-order valence-electron chi connectivity index (χ0n) is 11.0. The maximum absolute atomic E-state index is 11.4. The van der Waals surface area contributed by atoms with Gasteiger partial charge in [-0.1, -0.05) is 20.8 Å². The van der Waals surface area contributed by atoms with Crippen molar-refractivity contribution in [2.24, 2.45) is 5.92 Å². The summed E-state index contributed by atoms with van der Waals surface area (Å²) in [4.78, 5) is 11.4.